The second-order valence-electron chi connectivity index (χ2n) is 9.72. The van der Waals surface area contributed by atoms with E-state index in [1.807, 2.05) is 17.5 Å². The van der Waals surface area contributed by atoms with Gasteiger partial charge >= 0.3 is 23.9 Å². The average Bonchev–Trinajstić information content (AvgIpc) is 3.49. The Labute approximate surface area is 262 Å². The number of rotatable bonds is 9. The summed E-state index contributed by atoms with van der Waals surface area (Å²) in [6, 6.07) is 2.27. The summed E-state index contributed by atoms with van der Waals surface area (Å²) in [5, 5.41) is 22.4. The lowest BCUT2D eigenvalue weighted by Crippen LogP contribution is -2.70. The molecule has 5 heterocycles. The lowest BCUT2D eigenvalue weighted by molar-refractivity contribution is -0.151. The summed E-state index contributed by atoms with van der Waals surface area (Å²) in [5.74, 6) is -3.95. The third-order valence-corrected chi connectivity index (χ3v) is 10.2. The number of thiophene rings is 1. The van der Waals surface area contributed by atoms with Gasteiger partial charge in [0.05, 0.1) is 6.42 Å². The summed E-state index contributed by atoms with van der Waals surface area (Å²) in [5.41, 5.74) is 6.11. The van der Waals surface area contributed by atoms with Crippen LogP contribution in [0.3, 0.4) is 0 Å². The van der Waals surface area contributed by atoms with Crippen LogP contribution in [0.15, 0.2) is 40.1 Å². The number of β-lactam (4-membered cyclic amide) rings is 2. The second-order valence-corrected chi connectivity index (χ2v) is 13.0. The maximum Gasteiger partial charge on any atom is 0.352 e. The summed E-state index contributed by atoms with van der Waals surface area (Å²) in [4.78, 5) is 83.8. The summed E-state index contributed by atoms with van der Waals surface area (Å²) in [7, 11) is 0. The molecule has 236 valence electrons. The number of ether oxygens (including phenoxy) is 2. The molecular formula is C26H28N4O11S3. The number of carbonyl (C=O) groups excluding carboxylic acids is 5. The van der Waals surface area contributed by atoms with Crippen LogP contribution in [0.25, 0.3) is 0 Å². The van der Waals surface area contributed by atoms with Gasteiger partial charge in [0, 0.05) is 41.4 Å². The van der Waals surface area contributed by atoms with Crippen LogP contribution in [-0.2, 0) is 49.5 Å². The Balaban J connectivity index is 0.000000215. The summed E-state index contributed by atoms with van der Waals surface area (Å²) in [6.07, 6.45) is 0.179. The molecule has 5 rings (SSSR count). The molecule has 0 saturated carbocycles. The van der Waals surface area contributed by atoms with Gasteiger partial charge in [-0.1, -0.05) is 6.07 Å². The Morgan fingerprint density at radius 1 is 0.909 bits per heavy atom. The Bertz CT molecular complexity index is 1460. The van der Waals surface area contributed by atoms with Crippen LogP contribution in [0.4, 0.5) is 0 Å². The topological polar surface area (TPSA) is 223 Å². The van der Waals surface area contributed by atoms with Crippen molar-refractivity contribution in [3.8, 4) is 0 Å². The van der Waals surface area contributed by atoms with Crippen molar-refractivity contribution < 1.29 is 53.2 Å². The molecule has 0 spiro atoms. The van der Waals surface area contributed by atoms with Crippen molar-refractivity contribution in [1.82, 2.24) is 15.1 Å². The number of nitrogens with zero attached hydrogens (tertiary/aromatic N) is 2. The summed E-state index contributed by atoms with van der Waals surface area (Å²) in [6.45, 7) is 2.18. The molecule has 4 aliphatic heterocycles. The molecule has 5 N–H and O–H groups in total. The fraction of sp³-hybridized carbons (Fsp3) is 0.423. The number of nitrogens with one attached hydrogen (secondary N) is 1. The highest BCUT2D eigenvalue weighted by molar-refractivity contribution is 8.00. The van der Waals surface area contributed by atoms with Crippen LogP contribution in [0, 0.1) is 0 Å². The number of hydrogen-bond donors (Lipinski definition) is 4. The van der Waals surface area contributed by atoms with Gasteiger partial charge in [0.15, 0.2) is 0 Å². The van der Waals surface area contributed by atoms with Gasteiger partial charge in [-0.25, -0.2) is 9.59 Å². The van der Waals surface area contributed by atoms with Crippen LogP contribution >= 0.6 is 34.9 Å². The lowest BCUT2D eigenvalue weighted by atomic mass is 10.0. The standard InChI is InChI=1S/C16H16N2O6S2.C10H12N2O5S/c1-8(19)24-6-9-7-26-15-12(14(21)18(15)13(9)16(22)23)17-11(20)5-10-3-2-4-25-10;1-4(13)17-2-5-3-18-9-6(11)8(14)12(9)7(5)10(15)16/h2-4,12,15H,5-7H2,1H3,(H,17,20)(H,22,23);6,9H,2-3,11H2,1H3,(H,15,16)/t12-,15-;6-,9-/m11/s1. The molecule has 2 saturated heterocycles. The number of amides is 3. The van der Waals surface area contributed by atoms with Crippen molar-refractivity contribution in [3.05, 3.63) is 44.9 Å². The SMILES string of the molecule is CC(=O)OCC1=C(C(=O)O)N2C(=O)[C@@H](N)[C@H]2SC1.CC(=O)OCC1=C(C(=O)O)N2C(=O)[C@@H](NC(=O)Cc3cccs3)[C@H]2SC1. The third-order valence-electron chi connectivity index (χ3n) is 6.67. The molecule has 0 unspecified atom stereocenters. The quantitative estimate of drug-likeness (QED) is 0.196. The Morgan fingerprint density at radius 3 is 1.91 bits per heavy atom. The fourth-order valence-electron chi connectivity index (χ4n) is 4.66. The molecule has 3 amide bonds. The van der Waals surface area contributed by atoms with E-state index in [1.54, 1.807) is 0 Å². The van der Waals surface area contributed by atoms with Crippen molar-refractivity contribution in [3.63, 3.8) is 0 Å². The predicted molar refractivity (Wildman–Crippen MR) is 157 cm³/mol. The number of carboxylic acids is 2. The van der Waals surface area contributed by atoms with Gasteiger partial charge in [0.1, 0.15) is 47.4 Å². The smallest absolute Gasteiger partial charge is 0.352 e. The molecule has 0 bridgehead atoms. The van der Waals surface area contributed by atoms with Gasteiger partial charge in [-0.2, -0.15) is 0 Å². The molecule has 1 aromatic rings. The number of hydrogen-bond acceptors (Lipinski definition) is 13. The van der Waals surface area contributed by atoms with E-state index in [-0.39, 0.29) is 42.3 Å². The van der Waals surface area contributed by atoms with Crippen molar-refractivity contribution >= 4 is 76.5 Å². The van der Waals surface area contributed by atoms with Crippen LogP contribution in [-0.4, -0.2) is 109 Å². The Morgan fingerprint density at radius 2 is 1.43 bits per heavy atom. The van der Waals surface area contributed by atoms with Crippen LogP contribution < -0.4 is 11.1 Å². The maximum atomic E-state index is 12.4. The number of thioether (sulfide) groups is 2. The highest BCUT2D eigenvalue weighted by atomic mass is 32.2. The molecule has 18 heteroatoms. The van der Waals surface area contributed by atoms with Gasteiger partial charge in [0.2, 0.25) is 11.8 Å². The van der Waals surface area contributed by atoms with Gasteiger partial charge in [0.25, 0.3) is 5.91 Å². The first-order valence-electron chi connectivity index (χ1n) is 13.0. The molecule has 0 radical (unpaired) electrons. The molecular weight excluding hydrogens is 641 g/mol. The van der Waals surface area contributed by atoms with E-state index in [1.165, 1.54) is 53.6 Å². The average molecular weight is 669 g/mol. The minimum absolute atomic E-state index is 0.105. The minimum atomic E-state index is -1.26. The maximum absolute atomic E-state index is 12.4. The number of aliphatic carboxylic acids is 2. The van der Waals surface area contributed by atoms with Gasteiger partial charge in [-0.05, 0) is 11.4 Å². The zero-order valence-electron chi connectivity index (χ0n) is 23.3. The van der Waals surface area contributed by atoms with E-state index >= 15 is 0 Å². The first-order valence-corrected chi connectivity index (χ1v) is 15.9. The minimum Gasteiger partial charge on any atom is -0.477 e. The monoisotopic (exact) mass is 668 g/mol. The molecule has 0 aliphatic carbocycles. The van der Waals surface area contributed by atoms with Crippen molar-refractivity contribution in [1.29, 1.82) is 0 Å². The highest BCUT2D eigenvalue weighted by Gasteiger charge is 2.54. The van der Waals surface area contributed by atoms with Crippen LogP contribution in [0.2, 0.25) is 0 Å². The second kappa shape index (κ2) is 13.8. The normalized spacial score (nSPS) is 23.7. The van der Waals surface area contributed by atoms with Crippen LogP contribution in [0.5, 0.6) is 0 Å². The zero-order valence-corrected chi connectivity index (χ0v) is 25.8. The van der Waals surface area contributed by atoms with E-state index in [9.17, 15) is 38.7 Å². The Kier molecular flexibility index (Phi) is 10.4. The number of fused-ring (bicyclic) bond motifs is 2. The molecule has 2 fully saturated rings. The largest absolute Gasteiger partial charge is 0.477 e. The van der Waals surface area contributed by atoms with Crippen molar-refractivity contribution in [2.45, 2.75) is 43.1 Å². The molecule has 44 heavy (non-hydrogen) atoms. The number of nitrogens with two attached hydrogens (primary N) is 1. The molecule has 0 aromatic carbocycles. The molecule has 1 aromatic heterocycles. The summed E-state index contributed by atoms with van der Waals surface area (Å²) >= 11 is 4.16. The fourth-order valence-corrected chi connectivity index (χ4v) is 7.96. The van der Waals surface area contributed by atoms with E-state index in [4.69, 9.17) is 20.3 Å². The molecule has 4 aliphatic rings. The molecule has 15 nitrogen and oxygen atoms in total. The van der Waals surface area contributed by atoms with Gasteiger partial charge in [-0.3, -0.25) is 33.8 Å². The first-order chi connectivity index (χ1) is 20.8. The van der Waals surface area contributed by atoms with Crippen molar-refractivity contribution in [2.75, 3.05) is 24.7 Å². The zero-order chi connectivity index (χ0) is 32.3. The van der Waals surface area contributed by atoms with E-state index in [0.29, 0.717) is 22.7 Å². The third kappa shape index (κ3) is 6.92. The highest BCUT2D eigenvalue weighted by Crippen LogP contribution is 2.41. The lowest BCUT2D eigenvalue weighted by Gasteiger charge is -2.49. The number of carboxylic acid groups (broad SMARTS) is 2. The summed E-state index contributed by atoms with van der Waals surface area (Å²) < 4.78 is 9.66. The number of carbonyl (C=O) groups is 7. The van der Waals surface area contributed by atoms with E-state index in [2.05, 4.69) is 5.32 Å². The van der Waals surface area contributed by atoms with E-state index in [0.717, 1.165) is 9.78 Å². The van der Waals surface area contributed by atoms with E-state index < -0.39 is 53.1 Å². The molecule has 4 atom stereocenters. The Hall–Kier alpha value is -3.87. The number of esters is 2. The van der Waals surface area contributed by atoms with Crippen molar-refractivity contribution in [2.24, 2.45) is 5.73 Å². The van der Waals surface area contributed by atoms with Gasteiger partial charge < -0.3 is 30.7 Å². The first kappa shape index (κ1) is 33.0. The van der Waals surface area contributed by atoms with Gasteiger partial charge in [-0.15, -0.1) is 34.9 Å². The van der Waals surface area contributed by atoms with Crippen LogP contribution in [0.1, 0.15) is 18.7 Å². The predicted octanol–water partition coefficient (Wildman–Crippen LogP) is -0.277.